The molecular formula is C25H23BrN6O. The number of aromatic nitrogens is 2. The fraction of sp³-hybridized carbons (Fsp3) is 0.0800. The minimum atomic E-state index is -0.313. The molecule has 0 saturated heterocycles. The molecule has 166 valence electrons. The molecule has 4 N–H and O–H groups in total. The van der Waals surface area contributed by atoms with Gasteiger partial charge >= 0.3 is 0 Å². The normalized spacial score (nSPS) is 10.5. The van der Waals surface area contributed by atoms with Gasteiger partial charge in [0, 0.05) is 17.6 Å². The molecule has 4 rings (SSSR count). The van der Waals surface area contributed by atoms with Crippen molar-refractivity contribution in [1.82, 2.24) is 15.4 Å². The molecule has 1 aromatic heterocycles. The highest BCUT2D eigenvalue weighted by atomic mass is 79.9. The van der Waals surface area contributed by atoms with E-state index in [-0.39, 0.29) is 5.91 Å². The first-order chi connectivity index (χ1) is 16.1. The van der Waals surface area contributed by atoms with E-state index in [9.17, 15) is 4.79 Å². The van der Waals surface area contributed by atoms with E-state index in [1.165, 1.54) is 6.33 Å². The van der Waals surface area contributed by atoms with Crippen molar-refractivity contribution in [1.29, 1.82) is 0 Å². The minimum Gasteiger partial charge on any atom is -0.393 e. The number of nitrogen functional groups attached to an aromatic ring is 1. The monoisotopic (exact) mass is 502 g/mol. The number of carbonyl (C=O) groups excluding carboxylic acids is 1. The van der Waals surface area contributed by atoms with Crippen LogP contribution in [0.25, 0.3) is 0 Å². The summed E-state index contributed by atoms with van der Waals surface area (Å²) < 4.78 is 0.692. The summed E-state index contributed by atoms with van der Waals surface area (Å²) in [6.45, 7) is 1.22. The zero-order valence-corrected chi connectivity index (χ0v) is 19.4. The van der Waals surface area contributed by atoms with Crippen molar-refractivity contribution in [3.05, 3.63) is 112 Å². The van der Waals surface area contributed by atoms with Crippen molar-refractivity contribution >= 4 is 39.2 Å². The Balaban J connectivity index is 1.57. The largest absolute Gasteiger partial charge is 0.393 e. The number of nitrogens with two attached hydrogens (primary N) is 1. The predicted molar refractivity (Wildman–Crippen MR) is 134 cm³/mol. The van der Waals surface area contributed by atoms with Crippen molar-refractivity contribution in [2.24, 2.45) is 0 Å². The predicted octanol–water partition coefficient (Wildman–Crippen LogP) is 4.79. The number of nitrogens with one attached hydrogen (secondary N) is 2. The first kappa shape index (κ1) is 22.3. The maximum atomic E-state index is 12.6. The van der Waals surface area contributed by atoms with Crippen molar-refractivity contribution in [3.63, 3.8) is 0 Å². The Morgan fingerprint density at radius 1 is 0.848 bits per heavy atom. The minimum absolute atomic E-state index is 0.313. The number of benzene rings is 3. The molecule has 0 saturated carbocycles. The van der Waals surface area contributed by atoms with Crippen LogP contribution in [0.2, 0.25) is 0 Å². The van der Waals surface area contributed by atoms with E-state index in [0.717, 1.165) is 11.1 Å². The zero-order chi connectivity index (χ0) is 23.0. The van der Waals surface area contributed by atoms with E-state index < -0.39 is 0 Å². The lowest BCUT2D eigenvalue weighted by atomic mass is 10.1. The van der Waals surface area contributed by atoms with E-state index in [2.05, 4.69) is 65.9 Å². The van der Waals surface area contributed by atoms with Gasteiger partial charge < -0.3 is 10.6 Å². The van der Waals surface area contributed by atoms with Crippen LogP contribution < -0.4 is 21.5 Å². The molecule has 1 amide bonds. The van der Waals surface area contributed by atoms with Crippen molar-refractivity contribution < 1.29 is 4.79 Å². The van der Waals surface area contributed by atoms with Gasteiger partial charge in [-0.2, -0.15) is 0 Å². The fourth-order valence-corrected chi connectivity index (χ4v) is 3.84. The van der Waals surface area contributed by atoms with Crippen molar-refractivity contribution in [2.75, 3.05) is 16.1 Å². The molecule has 0 aliphatic carbocycles. The summed E-state index contributed by atoms with van der Waals surface area (Å²) in [6, 6.07) is 27.4. The second kappa shape index (κ2) is 10.6. The van der Waals surface area contributed by atoms with Gasteiger partial charge in [-0.3, -0.25) is 15.6 Å². The SMILES string of the molecule is Nc1c(NNC(=O)c2ccccc2Br)ncnc1N(Cc1ccccc1)Cc1ccccc1. The summed E-state index contributed by atoms with van der Waals surface area (Å²) in [5.41, 5.74) is 15.0. The number of hydrazine groups is 1. The third kappa shape index (κ3) is 5.67. The summed E-state index contributed by atoms with van der Waals surface area (Å²) in [7, 11) is 0. The van der Waals surface area contributed by atoms with Gasteiger partial charge in [0.15, 0.2) is 11.6 Å². The van der Waals surface area contributed by atoms with E-state index in [1.807, 2.05) is 42.5 Å². The van der Waals surface area contributed by atoms with Crippen LogP contribution in [0.5, 0.6) is 0 Å². The van der Waals surface area contributed by atoms with Crippen molar-refractivity contribution in [2.45, 2.75) is 13.1 Å². The second-order valence-electron chi connectivity index (χ2n) is 7.35. The van der Waals surface area contributed by atoms with Gasteiger partial charge in [-0.25, -0.2) is 9.97 Å². The summed E-state index contributed by atoms with van der Waals surface area (Å²) in [4.78, 5) is 23.3. The molecule has 3 aromatic carbocycles. The quantitative estimate of drug-likeness (QED) is 0.300. The standard InChI is InChI=1S/C25H23BrN6O/c26-21-14-8-7-13-20(21)25(33)31-30-23-22(27)24(29-17-28-23)32(15-18-9-3-1-4-10-18)16-19-11-5-2-6-12-19/h1-14,17H,15-16,27H2,(H,31,33)(H,28,29,30). The average Bonchev–Trinajstić information content (AvgIpc) is 2.84. The maximum absolute atomic E-state index is 12.6. The Kier molecular flexibility index (Phi) is 7.16. The third-order valence-corrected chi connectivity index (χ3v) is 5.70. The smallest absolute Gasteiger partial charge is 0.270 e. The molecule has 0 fully saturated rings. The number of anilines is 3. The molecule has 0 unspecified atom stereocenters. The molecule has 0 spiro atoms. The van der Waals surface area contributed by atoms with Crippen LogP contribution in [0, 0.1) is 0 Å². The molecule has 8 heteroatoms. The van der Waals surface area contributed by atoms with Crippen LogP contribution in [0.15, 0.2) is 95.7 Å². The highest BCUT2D eigenvalue weighted by Crippen LogP contribution is 2.28. The van der Waals surface area contributed by atoms with Crippen LogP contribution in [-0.4, -0.2) is 15.9 Å². The first-order valence-electron chi connectivity index (χ1n) is 10.4. The van der Waals surface area contributed by atoms with Crippen LogP contribution in [-0.2, 0) is 13.1 Å². The molecular weight excluding hydrogens is 480 g/mol. The van der Waals surface area contributed by atoms with Gasteiger partial charge in [-0.05, 0) is 39.2 Å². The average molecular weight is 503 g/mol. The number of carbonyl (C=O) groups is 1. The topological polar surface area (TPSA) is 96.2 Å². The fourth-order valence-electron chi connectivity index (χ4n) is 3.38. The molecule has 0 atom stereocenters. The molecule has 0 aliphatic rings. The number of hydrogen-bond donors (Lipinski definition) is 3. The van der Waals surface area contributed by atoms with Gasteiger partial charge in [-0.1, -0.05) is 72.8 Å². The van der Waals surface area contributed by atoms with Crippen LogP contribution in [0.1, 0.15) is 21.5 Å². The first-order valence-corrected chi connectivity index (χ1v) is 11.2. The Labute approximate surface area is 200 Å². The van der Waals surface area contributed by atoms with Gasteiger partial charge in [0.2, 0.25) is 0 Å². The van der Waals surface area contributed by atoms with E-state index in [0.29, 0.717) is 40.4 Å². The number of halogens is 1. The number of amides is 1. The lowest BCUT2D eigenvalue weighted by molar-refractivity contribution is 0.0961. The lowest BCUT2D eigenvalue weighted by Crippen LogP contribution is -2.31. The Morgan fingerprint density at radius 2 is 1.42 bits per heavy atom. The molecule has 33 heavy (non-hydrogen) atoms. The van der Waals surface area contributed by atoms with Gasteiger partial charge in [0.05, 0.1) is 5.56 Å². The summed E-state index contributed by atoms with van der Waals surface area (Å²) in [5.74, 6) is 0.592. The van der Waals surface area contributed by atoms with Gasteiger partial charge in [0.25, 0.3) is 5.91 Å². The number of hydrogen-bond acceptors (Lipinski definition) is 6. The van der Waals surface area contributed by atoms with Crippen LogP contribution in [0.3, 0.4) is 0 Å². The highest BCUT2D eigenvalue weighted by molar-refractivity contribution is 9.10. The second-order valence-corrected chi connectivity index (χ2v) is 8.20. The third-order valence-electron chi connectivity index (χ3n) is 5.01. The lowest BCUT2D eigenvalue weighted by Gasteiger charge is -2.26. The summed E-state index contributed by atoms with van der Waals surface area (Å²) in [6.07, 6.45) is 1.43. The molecule has 0 aliphatic heterocycles. The Morgan fingerprint density at radius 3 is 2.03 bits per heavy atom. The number of nitrogens with zero attached hydrogens (tertiary/aromatic N) is 3. The summed E-state index contributed by atoms with van der Waals surface area (Å²) >= 11 is 3.39. The van der Waals surface area contributed by atoms with Gasteiger partial charge in [-0.15, -0.1) is 0 Å². The van der Waals surface area contributed by atoms with Crippen molar-refractivity contribution in [3.8, 4) is 0 Å². The highest BCUT2D eigenvalue weighted by Gasteiger charge is 2.17. The zero-order valence-electron chi connectivity index (χ0n) is 17.8. The molecule has 7 nitrogen and oxygen atoms in total. The Bertz CT molecular complexity index is 1180. The van der Waals surface area contributed by atoms with Gasteiger partial charge in [0.1, 0.15) is 12.0 Å². The number of rotatable bonds is 8. The van der Waals surface area contributed by atoms with Crippen LogP contribution in [0.4, 0.5) is 17.3 Å². The van der Waals surface area contributed by atoms with Crippen LogP contribution >= 0.6 is 15.9 Å². The van der Waals surface area contributed by atoms with E-state index in [4.69, 9.17) is 5.73 Å². The van der Waals surface area contributed by atoms with E-state index >= 15 is 0 Å². The molecule has 0 radical (unpaired) electrons. The molecule has 1 heterocycles. The molecule has 4 aromatic rings. The maximum Gasteiger partial charge on any atom is 0.270 e. The summed E-state index contributed by atoms with van der Waals surface area (Å²) in [5, 5.41) is 0. The Hall–Kier alpha value is -3.91. The van der Waals surface area contributed by atoms with E-state index in [1.54, 1.807) is 18.2 Å². The molecule has 0 bridgehead atoms.